The summed E-state index contributed by atoms with van der Waals surface area (Å²) < 4.78 is 1.42. The Labute approximate surface area is 164 Å². The van der Waals surface area contributed by atoms with Gasteiger partial charge in [-0.05, 0) is 18.6 Å². The lowest BCUT2D eigenvalue weighted by molar-refractivity contribution is -0.124. The zero-order valence-electron chi connectivity index (χ0n) is 15.1. The highest BCUT2D eigenvalue weighted by molar-refractivity contribution is 6.31. The van der Waals surface area contributed by atoms with E-state index in [1.807, 2.05) is 6.92 Å². The van der Waals surface area contributed by atoms with E-state index >= 15 is 0 Å². The van der Waals surface area contributed by atoms with E-state index in [-0.39, 0.29) is 23.7 Å². The van der Waals surface area contributed by atoms with Gasteiger partial charge >= 0.3 is 6.03 Å². The number of halogens is 1. The van der Waals surface area contributed by atoms with Crippen LogP contribution in [0.3, 0.4) is 0 Å². The molecule has 146 valence electrons. The molecular formula is C18H18ClN5O4. The van der Waals surface area contributed by atoms with Crippen LogP contribution in [0.1, 0.15) is 42.2 Å². The number of benzene rings is 1. The highest BCUT2D eigenvalue weighted by Crippen LogP contribution is 2.38. The van der Waals surface area contributed by atoms with Crippen molar-refractivity contribution in [3.8, 4) is 0 Å². The number of aromatic nitrogens is 2. The van der Waals surface area contributed by atoms with Gasteiger partial charge in [0.1, 0.15) is 5.54 Å². The van der Waals surface area contributed by atoms with Gasteiger partial charge in [0.05, 0.1) is 11.0 Å². The minimum absolute atomic E-state index is 0.148. The fraction of sp³-hybridized carbons (Fsp3) is 0.389. The molecule has 0 bridgehead atoms. The predicted molar refractivity (Wildman–Crippen MR) is 101 cm³/mol. The Morgan fingerprint density at radius 1 is 1.36 bits per heavy atom. The summed E-state index contributed by atoms with van der Waals surface area (Å²) in [6, 6.07) is 2.48. The Kier molecular flexibility index (Phi) is 4.34. The van der Waals surface area contributed by atoms with Crippen molar-refractivity contribution >= 4 is 40.5 Å². The van der Waals surface area contributed by atoms with E-state index in [0.29, 0.717) is 23.1 Å². The van der Waals surface area contributed by atoms with Crippen molar-refractivity contribution in [1.29, 1.82) is 0 Å². The van der Waals surface area contributed by atoms with Gasteiger partial charge < -0.3 is 15.2 Å². The molecule has 2 aromatic rings. The number of imide groups is 1. The third-order valence-electron chi connectivity index (χ3n) is 5.15. The summed E-state index contributed by atoms with van der Waals surface area (Å²) in [5, 5.41) is 7.88. The smallest absolute Gasteiger partial charge is 0.322 e. The fourth-order valence-corrected chi connectivity index (χ4v) is 3.98. The molecule has 1 fully saturated rings. The Morgan fingerprint density at radius 2 is 2.14 bits per heavy atom. The van der Waals surface area contributed by atoms with E-state index in [0.717, 1.165) is 12.8 Å². The second kappa shape index (κ2) is 6.59. The summed E-state index contributed by atoms with van der Waals surface area (Å²) in [6.07, 6.45) is 1.86. The van der Waals surface area contributed by atoms with Crippen molar-refractivity contribution in [2.24, 2.45) is 0 Å². The molecule has 4 rings (SSSR count). The van der Waals surface area contributed by atoms with E-state index in [1.165, 1.54) is 10.6 Å². The molecule has 1 spiro atoms. The van der Waals surface area contributed by atoms with Gasteiger partial charge in [0.15, 0.2) is 5.69 Å². The molecule has 3 N–H and O–H groups in total. The molecule has 1 unspecified atom stereocenters. The van der Waals surface area contributed by atoms with Crippen molar-refractivity contribution < 1.29 is 14.4 Å². The third-order valence-corrected chi connectivity index (χ3v) is 5.37. The van der Waals surface area contributed by atoms with Gasteiger partial charge in [0.2, 0.25) is 0 Å². The van der Waals surface area contributed by atoms with Gasteiger partial charge in [-0.15, -0.1) is 0 Å². The fourth-order valence-electron chi connectivity index (χ4n) is 3.77. The SMILES string of the molecule is CCCCNC(=O)c1nc2cc(Cl)cc3c2n(c1=O)CCC31NC(=O)NC1=O. The maximum atomic E-state index is 12.9. The number of carbonyl (C=O) groups is 3. The number of hydrogen-bond donors (Lipinski definition) is 3. The minimum Gasteiger partial charge on any atom is -0.351 e. The van der Waals surface area contributed by atoms with Crippen molar-refractivity contribution in [2.45, 2.75) is 38.3 Å². The minimum atomic E-state index is -1.31. The zero-order valence-corrected chi connectivity index (χ0v) is 15.9. The topological polar surface area (TPSA) is 122 Å². The maximum Gasteiger partial charge on any atom is 0.322 e. The first-order valence-corrected chi connectivity index (χ1v) is 9.41. The largest absolute Gasteiger partial charge is 0.351 e. The first-order chi connectivity index (χ1) is 13.4. The summed E-state index contributed by atoms with van der Waals surface area (Å²) in [5.41, 5.74) is -0.956. The molecule has 0 aliphatic carbocycles. The number of aryl methyl sites for hydroxylation is 1. The monoisotopic (exact) mass is 403 g/mol. The Hall–Kier alpha value is -2.94. The van der Waals surface area contributed by atoms with E-state index in [9.17, 15) is 19.2 Å². The normalized spacial score (nSPS) is 20.4. The first kappa shape index (κ1) is 18.4. The molecule has 1 saturated heterocycles. The summed E-state index contributed by atoms with van der Waals surface area (Å²) >= 11 is 6.23. The molecule has 3 heterocycles. The van der Waals surface area contributed by atoms with E-state index in [1.54, 1.807) is 6.07 Å². The van der Waals surface area contributed by atoms with Crippen molar-refractivity contribution in [1.82, 2.24) is 25.5 Å². The number of nitrogens with one attached hydrogen (secondary N) is 3. The Bertz CT molecular complexity index is 1100. The molecule has 1 atom stereocenters. The number of amides is 4. The Morgan fingerprint density at radius 3 is 2.82 bits per heavy atom. The number of urea groups is 1. The highest BCUT2D eigenvalue weighted by atomic mass is 35.5. The average molecular weight is 404 g/mol. The van der Waals surface area contributed by atoms with Gasteiger partial charge in [-0.25, -0.2) is 9.78 Å². The van der Waals surface area contributed by atoms with Gasteiger partial charge in [-0.3, -0.25) is 19.7 Å². The van der Waals surface area contributed by atoms with Gasteiger partial charge in [-0.1, -0.05) is 24.9 Å². The molecule has 2 aliphatic heterocycles. The van der Waals surface area contributed by atoms with Crippen LogP contribution in [-0.4, -0.2) is 33.9 Å². The van der Waals surface area contributed by atoms with Crippen LogP contribution in [0.5, 0.6) is 0 Å². The molecule has 0 saturated carbocycles. The summed E-state index contributed by atoms with van der Waals surface area (Å²) in [7, 11) is 0. The van der Waals surface area contributed by atoms with Crippen LogP contribution < -0.4 is 21.5 Å². The van der Waals surface area contributed by atoms with Crippen LogP contribution >= 0.6 is 11.6 Å². The van der Waals surface area contributed by atoms with Crippen molar-refractivity contribution in [3.63, 3.8) is 0 Å². The molecule has 0 radical (unpaired) electrons. The maximum absolute atomic E-state index is 12.9. The second-order valence-corrected chi connectivity index (χ2v) is 7.35. The number of unbranched alkanes of at least 4 members (excludes halogenated alkanes) is 1. The quantitative estimate of drug-likeness (QED) is 0.519. The van der Waals surface area contributed by atoms with Gasteiger partial charge in [-0.2, -0.15) is 0 Å². The molecule has 10 heteroatoms. The van der Waals surface area contributed by atoms with E-state index < -0.39 is 28.9 Å². The first-order valence-electron chi connectivity index (χ1n) is 9.04. The van der Waals surface area contributed by atoms with Crippen LogP contribution in [0, 0.1) is 0 Å². The van der Waals surface area contributed by atoms with Crippen molar-refractivity contribution in [2.75, 3.05) is 6.54 Å². The molecule has 2 aliphatic rings. The van der Waals surface area contributed by atoms with Crippen LogP contribution in [0.25, 0.3) is 11.0 Å². The number of fused-ring (bicyclic) bond motifs is 1. The van der Waals surface area contributed by atoms with E-state index in [4.69, 9.17) is 11.6 Å². The highest BCUT2D eigenvalue weighted by Gasteiger charge is 2.50. The average Bonchev–Trinajstić information content (AvgIpc) is 2.93. The summed E-state index contributed by atoms with van der Waals surface area (Å²) in [4.78, 5) is 53.9. The van der Waals surface area contributed by atoms with Gasteiger partial charge in [0, 0.05) is 30.1 Å². The molecule has 9 nitrogen and oxygen atoms in total. The molecule has 1 aromatic carbocycles. The Balaban J connectivity index is 1.91. The summed E-state index contributed by atoms with van der Waals surface area (Å²) in [6.45, 7) is 2.59. The zero-order chi connectivity index (χ0) is 20.1. The number of carbonyl (C=O) groups excluding carboxylic acids is 3. The molecule has 28 heavy (non-hydrogen) atoms. The van der Waals surface area contributed by atoms with Crippen LogP contribution in [0.4, 0.5) is 4.79 Å². The molecule has 4 amide bonds. The van der Waals surface area contributed by atoms with Crippen LogP contribution in [0.15, 0.2) is 16.9 Å². The number of hydrogen-bond acceptors (Lipinski definition) is 5. The summed E-state index contributed by atoms with van der Waals surface area (Å²) in [5.74, 6) is -1.04. The number of nitrogens with zero attached hydrogens (tertiary/aromatic N) is 2. The second-order valence-electron chi connectivity index (χ2n) is 6.91. The number of rotatable bonds is 4. The van der Waals surface area contributed by atoms with Crippen LogP contribution in [0.2, 0.25) is 5.02 Å². The van der Waals surface area contributed by atoms with E-state index in [2.05, 4.69) is 20.9 Å². The lowest BCUT2D eigenvalue weighted by Crippen LogP contribution is -2.49. The lowest BCUT2D eigenvalue weighted by Gasteiger charge is -2.33. The predicted octanol–water partition coefficient (Wildman–Crippen LogP) is 1.02. The standard InChI is InChI=1S/C18H18ClN5O4/c1-2-3-5-20-14(25)12-15(26)24-6-4-18(16(27)22-17(28)23-18)10-7-9(19)8-11(21-12)13(10)24/h7-8H,2-6H2,1H3,(H,20,25)(H2,22,23,27,28). The molecular weight excluding hydrogens is 386 g/mol. The molecule has 1 aromatic heterocycles. The van der Waals surface area contributed by atoms with Crippen molar-refractivity contribution in [3.05, 3.63) is 38.8 Å². The lowest BCUT2D eigenvalue weighted by atomic mass is 9.83. The third kappa shape index (κ3) is 2.65. The van der Waals surface area contributed by atoms with Crippen LogP contribution in [-0.2, 0) is 16.9 Å². The van der Waals surface area contributed by atoms with Gasteiger partial charge in [0.25, 0.3) is 17.4 Å².